The molecule has 1 aliphatic rings. The number of carbonyl (C=O) groups excluding carboxylic acids is 1. The molecule has 1 aromatic rings. The predicted molar refractivity (Wildman–Crippen MR) is 73.8 cm³/mol. The van der Waals surface area contributed by atoms with Crippen LogP contribution in [0.5, 0.6) is 0 Å². The van der Waals surface area contributed by atoms with E-state index in [-0.39, 0.29) is 0 Å². The second-order valence-corrected chi connectivity index (χ2v) is 6.27. The number of hydrogen-bond acceptors (Lipinski definition) is 6. The Morgan fingerprint density at radius 3 is 2.47 bits per heavy atom. The summed E-state index contributed by atoms with van der Waals surface area (Å²) in [5.41, 5.74) is -0.516. The molecule has 0 saturated carbocycles. The van der Waals surface area contributed by atoms with Gasteiger partial charge in [-0.25, -0.2) is 9.78 Å². The molecule has 1 saturated heterocycles. The zero-order chi connectivity index (χ0) is 14.3. The second-order valence-electron chi connectivity index (χ2n) is 5.38. The average Bonchev–Trinajstić information content (AvgIpc) is 2.83. The molecular formula is C12H18BNO4S. The van der Waals surface area contributed by atoms with Crippen molar-refractivity contribution in [1.82, 2.24) is 4.98 Å². The molecule has 0 radical (unpaired) electrons. The van der Waals surface area contributed by atoms with Crippen molar-refractivity contribution in [2.24, 2.45) is 0 Å². The number of carbonyl (C=O) groups is 1. The summed E-state index contributed by atoms with van der Waals surface area (Å²) in [5, 5.41) is 1.67. The molecule has 0 atom stereocenters. The highest BCUT2D eigenvalue weighted by molar-refractivity contribution is 7.20. The average molecular weight is 283 g/mol. The van der Waals surface area contributed by atoms with Gasteiger partial charge in [0, 0.05) is 5.38 Å². The number of nitrogens with zero attached hydrogens (tertiary/aromatic N) is 1. The predicted octanol–water partition coefficient (Wildman–Crippen LogP) is 1.62. The minimum absolute atomic E-state index is 0.302. The standard InChI is InChI=1S/C12H18BNO4S/c1-6-16-9(15)8-7-19-10(14-8)13-17-11(2,3)12(4,5)18-13/h7H,6H2,1-5H3. The van der Waals surface area contributed by atoms with Crippen LogP contribution in [0.4, 0.5) is 0 Å². The normalized spacial score (nSPS) is 20.6. The highest BCUT2D eigenvalue weighted by Gasteiger charge is 2.53. The van der Waals surface area contributed by atoms with Crippen molar-refractivity contribution in [3.63, 3.8) is 0 Å². The van der Waals surface area contributed by atoms with Crippen molar-refractivity contribution < 1.29 is 18.8 Å². The van der Waals surface area contributed by atoms with Crippen molar-refractivity contribution in [2.45, 2.75) is 45.8 Å². The summed E-state index contributed by atoms with van der Waals surface area (Å²) in [7, 11) is -0.529. The molecule has 0 spiro atoms. The molecule has 1 fully saturated rings. The van der Waals surface area contributed by atoms with Crippen LogP contribution < -0.4 is 4.91 Å². The van der Waals surface area contributed by atoms with Gasteiger partial charge in [-0.05, 0) is 34.6 Å². The smallest absolute Gasteiger partial charge is 0.461 e. The Balaban J connectivity index is 2.15. The first kappa shape index (κ1) is 14.5. The number of thiazole rings is 1. The Morgan fingerprint density at radius 2 is 1.95 bits per heavy atom. The SMILES string of the molecule is CCOC(=O)c1csc(B2OC(C)(C)C(C)(C)O2)n1. The van der Waals surface area contributed by atoms with Crippen molar-refractivity contribution in [1.29, 1.82) is 0 Å². The van der Waals surface area contributed by atoms with Crippen LogP contribution in [0.15, 0.2) is 5.38 Å². The van der Waals surface area contributed by atoms with Gasteiger partial charge in [0.05, 0.1) is 17.8 Å². The Hall–Kier alpha value is -0.915. The minimum atomic E-state index is -0.529. The quantitative estimate of drug-likeness (QED) is 0.623. The molecule has 0 unspecified atom stereocenters. The molecule has 104 valence electrons. The van der Waals surface area contributed by atoms with Gasteiger partial charge in [0.25, 0.3) is 0 Å². The second kappa shape index (κ2) is 4.88. The summed E-state index contributed by atoms with van der Waals surface area (Å²) in [6.45, 7) is 10.0. The van der Waals surface area contributed by atoms with E-state index in [1.54, 1.807) is 12.3 Å². The fourth-order valence-corrected chi connectivity index (χ4v) is 2.38. The van der Waals surface area contributed by atoms with Crippen LogP contribution in [0.1, 0.15) is 45.1 Å². The number of esters is 1. The van der Waals surface area contributed by atoms with E-state index < -0.39 is 24.3 Å². The van der Waals surface area contributed by atoms with Crippen LogP contribution in [0.2, 0.25) is 0 Å². The zero-order valence-corrected chi connectivity index (χ0v) is 12.7. The van der Waals surface area contributed by atoms with E-state index in [0.29, 0.717) is 17.2 Å². The van der Waals surface area contributed by atoms with E-state index in [1.807, 2.05) is 27.7 Å². The lowest BCUT2D eigenvalue weighted by Gasteiger charge is -2.32. The van der Waals surface area contributed by atoms with Gasteiger partial charge < -0.3 is 14.0 Å². The molecule has 2 heterocycles. The number of hydrogen-bond donors (Lipinski definition) is 0. The number of rotatable bonds is 3. The van der Waals surface area contributed by atoms with Gasteiger partial charge in [0.1, 0.15) is 4.91 Å². The number of aromatic nitrogens is 1. The Bertz CT molecular complexity index is 470. The molecule has 5 nitrogen and oxygen atoms in total. The molecular weight excluding hydrogens is 265 g/mol. The van der Waals surface area contributed by atoms with Crippen LogP contribution in [0, 0.1) is 0 Å². The van der Waals surface area contributed by atoms with Crippen LogP contribution in [0.25, 0.3) is 0 Å². The molecule has 0 amide bonds. The maximum Gasteiger partial charge on any atom is 0.525 e. The lowest BCUT2D eigenvalue weighted by atomic mass is 9.90. The zero-order valence-electron chi connectivity index (χ0n) is 11.9. The highest BCUT2D eigenvalue weighted by Crippen LogP contribution is 2.36. The molecule has 0 aliphatic carbocycles. The molecule has 1 aliphatic heterocycles. The van der Waals surface area contributed by atoms with Gasteiger partial charge in [-0.3, -0.25) is 0 Å². The minimum Gasteiger partial charge on any atom is -0.461 e. The fourth-order valence-electron chi connectivity index (χ4n) is 1.64. The van der Waals surface area contributed by atoms with Gasteiger partial charge in [0.15, 0.2) is 5.69 Å². The monoisotopic (exact) mass is 283 g/mol. The molecule has 0 N–H and O–H groups in total. The third-order valence-electron chi connectivity index (χ3n) is 3.46. The largest absolute Gasteiger partial charge is 0.525 e. The van der Waals surface area contributed by atoms with E-state index in [9.17, 15) is 4.79 Å². The Morgan fingerprint density at radius 1 is 1.37 bits per heavy atom. The van der Waals surface area contributed by atoms with E-state index in [1.165, 1.54) is 11.3 Å². The highest BCUT2D eigenvalue weighted by atomic mass is 32.1. The van der Waals surface area contributed by atoms with Crippen LogP contribution in [-0.4, -0.2) is 35.9 Å². The van der Waals surface area contributed by atoms with Crippen molar-refractivity contribution >= 4 is 29.3 Å². The van der Waals surface area contributed by atoms with Gasteiger partial charge in [-0.1, -0.05) is 0 Å². The number of ether oxygens (including phenoxy) is 1. The summed E-state index contributed by atoms with van der Waals surface area (Å²) in [4.78, 5) is 16.4. The van der Waals surface area contributed by atoms with Crippen molar-refractivity contribution in [3.05, 3.63) is 11.1 Å². The summed E-state index contributed by atoms with van der Waals surface area (Å²) >= 11 is 1.34. The van der Waals surface area contributed by atoms with Crippen LogP contribution in [-0.2, 0) is 14.0 Å². The van der Waals surface area contributed by atoms with E-state index in [2.05, 4.69) is 4.98 Å². The Kier molecular flexibility index (Phi) is 3.73. The van der Waals surface area contributed by atoms with E-state index >= 15 is 0 Å². The lowest BCUT2D eigenvalue weighted by molar-refractivity contribution is 0.00578. The third kappa shape index (κ3) is 2.68. The maximum atomic E-state index is 11.6. The van der Waals surface area contributed by atoms with E-state index in [4.69, 9.17) is 14.0 Å². The van der Waals surface area contributed by atoms with Crippen LogP contribution in [0.3, 0.4) is 0 Å². The van der Waals surface area contributed by atoms with Gasteiger partial charge >= 0.3 is 13.1 Å². The molecule has 19 heavy (non-hydrogen) atoms. The topological polar surface area (TPSA) is 57.7 Å². The lowest BCUT2D eigenvalue weighted by Crippen LogP contribution is -2.41. The van der Waals surface area contributed by atoms with Crippen molar-refractivity contribution in [3.8, 4) is 0 Å². The molecule has 1 aromatic heterocycles. The fraction of sp³-hybridized carbons (Fsp3) is 0.667. The molecule has 2 rings (SSSR count). The van der Waals surface area contributed by atoms with Gasteiger partial charge in [0.2, 0.25) is 0 Å². The van der Waals surface area contributed by atoms with E-state index in [0.717, 1.165) is 0 Å². The first-order valence-corrected chi connectivity index (χ1v) is 7.13. The molecule has 0 bridgehead atoms. The first-order chi connectivity index (χ1) is 8.77. The van der Waals surface area contributed by atoms with Crippen LogP contribution >= 0.6 is 11.3 Å². The van der Waals surface area contributed by atoms with Gasteiger partial charge in [-0.15, -0.1) is 11.3 Å². The summed E-state index contributed by atoms with van der Waals surface area (Å²) < 4.78 is 16.7. The molecule has 0 aromatic carbocycles. The molecule has 7 heteroatoms. The third-order valence-corrected chi connectivity index (χ3v) is 4.33. The summed E-state index contributed by atoms with van der Waals surface area (Å²) in [6.07, 6.45) is 0. The Labute approximate surface area is 117 Å². The maximum absolute atomic E-state index is 11.6. The van der Waals surface area contributed by atoms with Crippen molar-refractivity contribution in [2.75, 3.05) is 6.61 Å². The summed E-state index contributed by atoms with van der Waals surface area (Å²) in [5.74, 6) is -0.415. The van der Waals surface area contributed by atoms with Gasteiger partial charge in [-0.2, -0.15) is 0 Å². The first-order valence-electron chi connectivity index (χ1n) is 6.25. The summed E-state index contributed by atoms with van der Waals surface area (Å²) in [6, 6.07) is 0.